The van der Waals surface area contributed by atoms with Crippen molar-refractivity contribution in [1.82, 2.24) is 0 Å². The fourth-order valence-corrected chi connectivity index (χ4v) is 2.34. The molecule has 5 nitrogen and oxygen atoms in total. The lowest BCUT2D eigenvalue weighted by molar-refractivity contribution is -0.150. The molecule has 1 amide bonds. The van der Waals surface area contributed by atoms with Crippen molar-refractivity contribution < 1.29 is 19.1 Å². The summed E-state index contributed by atoms with van der Waals surface area (Å²) in [4.78, 5) is 24.0. The molecule has 0 aliphatic rings. The van der Waals surface area contributed by atoms with Crippen LogP contribution in [0.3, 0.4) is 0 Å². The van der Waals surface area contributed by atoms with Crippen LogP contribution in [0.5, 0.6) is 5.75 Å². The quantitative estimate of drug-likeness (QED) is 0.777. The largest absolute Gasteiger partial charge is 0.479 e. The first-order valence-electron chi connectivity index (χ1n) is 8.37. The van der Waals surface area contributed by atoms with Gasteiger partial charge in [0.2, 0.25) is 0 Å². The first-order valence-corrected chi connectivity index (χ1v) is 8.37. The van der Waals surface area contributed by atoms with Gasteiger partial charge in [0.1, 0.15) is 5.75 Å². The second-order valence-corrected chi connectivity index (χ2v) is 5.50. The highest BCUT2D eigenvalue weighted by Crippen LogP contribution is 2.18. The van der Waals surface area contributed by atoms with Gasteiger partial charge in [0, 0.05) is 11.3 Å². The Labute approximate surface area is 148 Å². The molecule has 0 aliphatic heterocycles. The van der Waals surface area contributed by atoms with Crippen molar-refractivity contribution >= 4 is 17.6 Å². The van der Waals surface area contributed by atoms with Crippen LogP contribution < -0.4 is 10.1 Å². The third kappa shape index (κ3) is 5.08. The van der Waals surface area contributed by atoms with Gasteiger partial charge in [-0.3, -0.25) is 4.79 Å². The average Bonchev–Trinajstić information content (AvgIpc) is 2.63. The molecule has 2 rings (SSSR count). The highest BCUT2D eigenvalue weighted by molar-refractivity contribution is 6.04. The lowest BCUT2D eigenvalue weighted by Gasteiger charge is -2.14. The van der Waals surface area contributed by atoms with Gasteiger partial charge < -0.3 is 14.8 Å². The molecule has 0 radical (unpaired) electrons. The molecule has 1 N–H and O–H groups in total. The summed E-state index contributed by atoms with van der Waals surface area (Å²) in [6.45, 7) is 5.72. The molecule has 0 heterocycles. The summed E-state index contributed by atoms with van der Waals surface area (Å²) < 4.78 is 10.4. The van der Waals surface area contributed by atoms with Gasteiger partial charge in [0.15, 0.2) is 6.10 Å². The van der Waals surface area contributed by atoms with E-state index in [-0.39, 0.29) is 5.91 Å². The zero-order valence-electron chi connectivity index (χ0n) is 14.7. The molecule has 25 heavy (non-hydrogen) atoms. The van der Waals surface area contributed by atoms with E-state index in [0.29, 0.717) is 17.9 Å². The summed E-state index contributed by atoms with van der Waals surface area (Å²) in [6.07, 6.45) is 0.144. The molecule has 5 heteroatoms. The fourth-order valence-electron chi connectivity index (χ4n) is 2.34. The van der Waals surface area contributed by atoms with Crippen LogP contribution in [0.2, 0.25) is 0 Å². The minimum atomic E-state index is -0.698. The van der Waals surface area contributed by atoms with Crippen molar-refractivity contribution in [1.29, 1.82) is 0 Å². The van der Waals surface area contributed by atoms with Gasteiger partial charge in [-0.05, 0) is 56.2 Å². The molecular weight excluding hydrogens is 318 g/mol. The molecule has 0 saturated heterocycles. The smallest absolute Gasteiger partial charge is 0.347 e. The van der Waals surface area contributed by atoms with Crippen molar-refractivity contribution in [2.24, 2.45) is 0 Å². The van der Waals surface area contributed by atoms with Crippen LogP contribution in [0.1, 0.15) is 36.7 Å². The molecule has 1 unspecified atom stereocenters. The topological polar surface area (TPSA) is 64.6 Å². The number of amides is 1. The third-order valence-corrected chi connectivity index (χ3v) is 3.69. The molecule has 0 spiro atoms. The number of carbonyl (C=O) groups excluding carboxylic acids is 2. The van der Waals surface area contributed by atoms with Crippen molar-refractivity contribution in [3.05, 3.63) is 59.7 Å². The number of rotatable bonds is 7. The second-order valence-electron chi connectivity index (χ2n) is 5.50. The standard InChI is InChI=1S/C20H23NO4/c1-4-15-8-6-7-9-18(15)21-19(22)16-10-12-17(13-11-16)25-14(3)20(23)24-5-2/h6-14H,4-5H2,1-3H3,(H,21,22). The van der Waals surface area contributed by atoms with E-state index in [2.05, 4.69) is 5.32 Å². The highest BCUT2D eigenvalue weighted by Gasteiger charge is 2.16. The number of esters is 1. The normalized spacial score (nSPS) is 11.5. The SMILES string of the molecule is CCOC(=O)C(C)Oc1ccc(C(=O)Nc2ccccc2CC)cc1. The lowest BCUT2D eigenvalue weighted by Crippen LogP contribution is -2.26. The number of hydrogen-bond donors (Lipinski definition) is 1. The molecule has 2 aromatic carbocycles. The van der Waals surface area contributed by atoms with Crippen molar-refractivity contribution in [3.8, 4) is 5.75 Å². The Bertz CT molecular complexity index is 725. The van der Waals surface area contributed by atoms with Crippen LogP contribution >= 0.6 is 0 Å². The Morgan fingerprint density at radius 1 is 1.04 bits per heavy atom. The Balaban J connectivity index is 2.01. The fraction of sp³-hybridized carbons (Fsp3) is 0.300. The Morgan fingerprint density at radius 2 is 1.72 bits per heavy atom. The maximum Gasteiger partial charge on any atom is 0.347 e. The zero-order valence-corrected chi connectivity index (χ0v) is 14.7. The van der Waals surface area contributed by atoms with E-state index < -0.39 is 12.1 Å². The lowest BCUT2D eigenvalue weighted by atomic mass is 10.1. The predicted molar refractivity (Wildman–Crippen MR) is 96.9 cm³/mol. The van der Waals surface area contributed by atoms with E-state index in [9.17, 15) is 9.59 Å². The van der Waals surface area contributed by atoms with Gasteiger partial charge in [0.05, 0.1) is 6.61 Å². The molecular formula is C20H23NO4. The number of para-hydroxylation sites is 1. The van der Waals surface area contributed by atoms with Crippen LogP contribution in [-0.4, -0.2) is 24.6 Å². The predicted octanol–water partition coefficient (Wildman–Crippen LogP) is 3.83. The van der Waals surface area contributed by atoms with Crippen molar-refractivity contribution in [2.75, 3.05) is 11.9 Å². The maximum absolute atomic E-state index is 12.4. The second kappa shape index (κ2) is 8.87. The van der Waals surface area contributed by atoms with E-state index in [1.807, 2.05) is 31.2 Å². The van der Waals surface area contributed by atoms with E-state index in [4.69, 9.17) is 9.47 Å². The number of anilines is 1. The summed E-state index contributed by atoms with van der Waals surface area (Å²) >= 11 is 0. The Kier molecular flexibility index (Phi) is 6.57. The maximum atomic E-state index is 12.4. The van der Waals surface area contributed by atoms with Gasteiger partial charge in [-0.1, -0.05) is 25.1 Å². The third-order valence-electron chi connectivity index (χ3n) is 3.69. The summed E-state index contributed by atoms with van der Waals surface area (Å²) in [6, 6.07) is 14.4. The molecule has 0 aliphatic carbocycles. The van der Waals surface area contributed by atoms with Crippen molar-refractivity contribution in [3.63, 3.8) is 0 Å². The van der Waals surface area contributed by atoms with E-state index in [1.165, 1.54) is 0 Å². The molecule has 0 saturated carbocycles. The number of nitrogens with one attached hydrogen (secondary N) is 1. The Hall–Kier alpha value is -2.82. The number of carbonyl (C=O) groups is 2. The monoisotopic (exact) mass is 341 g/mol. The van der Waals surface area contributed by atoms with Gasteiger partial charge in [-0.25, -0.2) is 4.79 Å². The van der Waals surface area contributed by atoms with Crippen LogP contribution in [0.4, 0.5) is 5.69 Å². The van der Waals surface area contributed by atoms with Gasteiger partial charge >= 0.3 is 5.97 Å². The van der Waals surface area contributed by atoms with Crippen LogP contribution in [0, 0.1) is 0 Å². The van der Waals surface area contributed by atoms with Crippen LogP contribution in [-0.2, 0) is 16.0 Å². The Morgan fingerprint density at radius 3 is 2.36 bits per heavy atom. The zero-order chi connectivity index (χ0) is 18.2. The summed E-state index contributed by atoms with van der Waals surface area (Å²) in [5, 5.41) is 2.92. The molecule has 132 valence electrons. The number of ether oxygens (including phenoxy) is 2. The average molecular weight is 341 g/mol. The minimum absolute atomic E-state index is 0.189. The van der Waals surface area contributed by atoms with Crippen LogP contribution in [0.25, 0.3) is 0 Å². The van der Waals surface area contributed by atoms with E-state index >= 15 is 0 Å². The highest BCUT2D eigenvalue weighted by atomic mass is 16.6. The van der Waals surface area contributed by atoms with Gasteiger partial charge in [-0.2, -0.15) is 0 Å². The number of aryl methyl sites for hydroxylation is 1. The molecule has 0 bridgehead atoms. The van der Waals surface area contributed by atoms with Crippen LogP contribution in [0.15, 0.2) is 48.5 Å². The number of hydrogen-bond acceptors (Lipinski definition) is 4. The first-order chi connectivity index (χ1) is 12.0. The van der Waals surface area contributed by atoms with E-state index in [1.54, 1.807) is 38.1 Å². The summed E-state index contributed by atoms with van der Waals surface area (Å²) in [7, 11) is 0. The summed E-state index contributed by atoms with van der Waals surface area (Å²) in [5.74, 6) is -0.0996. The molecule has 2 aromatic rings. The summed E-state index contributed by atoms with van der Waals surface area (Å²) in [5.41, 5.74) is 2.41. The van der Waals surface area contributed by atoms with Gasteiger partial charge in [0.25, 0.3) is 5.91 Å². The first kappa shape index (κ1) is 18.5. The van der Waals surface area contributed by atoms with Crippen molar-refractivity contribution in [2.45, 2.75) is 33.3 Å². The van der Waals surface area contributed by atoms with E-state index in [0.717, 1.165) is 17.7 Å². The molecule has 0 fully saturated rings. The number of benzene rings is 2. The van der Waals surface area contributed by atoms with Gasteiger partial charge in [-0.15, -0.1) is 0 Å². The molecule has 0 aromatic heterocycles. The minimum Gasteiger partial charge on any atom is -0.479 e. The molecule has 1 atom stereocenters.